The van der Waals surface area contributed by atoms with E-state index in [2.05, 4.69) is 78.2 Å². The third-order valence-corrected chi connectivity index (χ3v) is 5.41. The molecule has 0 spiro atoms. The van der Waals surface area contributed by atoms with Gasteiger partial charge >= 0.3 is 0 Å². The van der Waals surface area contributed by atoms with Gasteiger partial charge in [0, 0.05) is 18.6 Å². The second-order valence-electron chi connectivity index (χ2n) is 7.37. The molecule has 1 heterocycles. The normalized spacial score (nSPS) is 18.9. The first kappa shape index (κ1) is 18.7. The second kappa shape index (κ2) is 9.05. The van der Waals surface area contributed by atoms with E-state index >= 15 is 0 Å². The third kappa shape index (κ3) is 4.61. The molecule has 3 aromatic carbocycles. The zero-order valence-electron chi connectivity index (χ0n) is 16.4. The van der Waals surface area contributed by atoms with Gasteiger partial charge in [0.25, 0.3) is 0 Å². The Morgan fingerprint density at radius 1 is 0.893 bits per heavy atom. The molecule has 1 aliphatic rings. The molecule has 0 saturated carbocycles. The molecule has 0 aromatic heterocycles. The predicted molar refractivity (Wildman–Crippen MR) is 115 cm³/mol. The van der Waals surface area contributed by atoms with Gasteiger partial charge in [0.1, 0.15) is 11.5 Å². The second-order valence-corrected chi connectivity index (χ2v) is 7.37. The minimum absolute atomic E-state index is 0.373. The molecule has 4 rings (SSSR count). The topological polar surface area (TPSA) is 33.3 Å². The van der Waals surface area contributed by atoms with E-state index in [9.17, 15) is 0 Å². The zero-order chi connectivity index (χ0) is 19.2. The maximum absolute atomic E-state index is 6.04. The fraction of sp³-hybridized carbons (Fsp3) is 0.280. The van der Waals surface area contributed by atoms with Gasteiger partial charge < -0.3 is 15.4 Å². The molecule has 1 saturated heterocycles. The molecule has 2 unspecified atom stereocenters. The maximum atomic E-state index is 6.04. The summed E-state index contributed by atoms with van der Waals surface area (Å²) in [7, 11) is 0. The molecule has 3 heteroatoms. The summed E-state index contributed by atoms with van der Waals surface area (Å²) in [5.74, 6) is 1.76. The fourth-order valence-electron chi connectivity index (χ4n) is 3.83. The molecule has 2 atom stereocenters. The lowest BCUT2D eigenvalue weighted by Gasteiger charge is -2.21. The minimum atomic E-state index is 0.373. The Labute approximate surface area is 167 Å². The van der Waals surface area contributed by atoms with Crippen LogP contribution in [0.5, 0.6) is 11.5 Å². The van der Waals surface area contributed by atoms with Crippen LogP contribution in [0.1, 0.15) is 36.1 Å². The van der Waals surface area contributed by atoms with Crippen molar-refractivity contribution in [3.05, 3.63) is 95.6 Å². The molecule has 1 aliphatic heterocycles. The highest BCUT2D eigenvalue weighted by molar-refractivity contribution is 5.35. The van der Waals surface area contributed by atoms with Gasteiger partial charge in [0.2, 0.25) is 0 Å². The van der Waals surface area contributed by atoms with Gasteiger partial charge in [-0.3, -0.25) is 0 Å². The van der Waals surface area contributed by atoms with Gasteiger partial charge in [-0.2, -0.15) is 0 Å². The van der Waals surface area contributed by atoms with Gasteiger partial charge in [-0.15, -0.1) is 0 Å². The van der Waals surface area contributed by atoms with Crippen molar-refractivity contribution < 1.29 is 4.74 Å². The van der Waals surface area contributed by atoms with E-state index in [0.717, 1.165) is 37.4 Å². The molecule has 0 radical (unpaired) electrons. The van der Waals surface area contributed by atoms with Crippen LogP contribution >= 0.6 is 0 Å². The summed E-state index contributed by atoms with van der Waals surface area (Å²) >= 11 is 0. The Kier molecular flexibility index (Phi) is 6.05. The minimum Gasteiger partial charge on any atom is -0.457 e. The fourth-order valence-corrected chi connectivity index (χ4v) is 3.83. The molecule has 0 aliphatic carbocycles. The molecule has 3 nitrogen and oxygen atoms in total. The van der Waals surface area contributed by atoms with Crippen LogP contribution in [-0.4, -0.2) is 12.6 Å². The number of benzene rings is 3. The van der Waals surface area contributed by atoms with Crippen molar-refractivity contribution in [2.75, 3.05) is 6.54 Å². The SMILES string of the molecule is CCc1ccc(Oc2cccc(CNC3CCNC3c3ccccc3)c2)cc1. The Balaban J connectivity index is 1.38. The summed E-state index contributed by atoms with van der Waals surface area (Å²) in [4.78, 5) is 0. The van der Waals surface area contributed by atoms with E-state index in [-0.39, 0.29) is 0 Å². The van der Waals surface area contributed by atoms with E-state index in [0.29, 0.717) is 12.1 Å². The quantitative estimate of drug-likeness (QED) is 0.595. The van der Waals surface area contributed by atoms with Crippen LogP contribution in [0.4, 0.5) is 0 Å². The summed E-state index contributed by atoms with van der Waals surface area (Å²) in [5, 5.41) is 7.36. The maximum Gasteiger partial charge on any atom is 0.127 e. The van der Waals surface area contributed by atoms with Crippen LogP contribution < -0.4 is 15.4 Å². The lowest BCUT2D eigenvalue weighted by molar-refractivity contribution is 0.458. The molecular formula is C25H28N2O. The van der Waals surface area contributed by atoms with Crippen molar-refractivity contribution in [2.24, 2.45) is 0 Å². The zero-order valence-corrected chi connectivity index (χ0v) is 16.4. The van der Waals surface area contributed by atoms with E-state index in [1.807, 2.05) is 18.2 Å². The highest BCUT2D eigenvalue weighted by atomic mass is 16.5. The average Bonchev–Trinajstić information content (AvgIpc) is 3.22. The van der Waals surface area contributed by atoms with Gasteiger partial charge in [0.05, 0.1) is 0 Å². The van der Waals surface area contributed by atoms with Crippen molar-refractivity contribution in [1.29, 1.82) is 0 Å². The smallest absolute Gasteiger partial charge is 0.127 e. The van der Waals surface area contributed by atoms with Crippen LogP contribution in [-0.2, 0) is 13.0 Å². The van der Waals surface area contributed by atoms with Crippen molar-refractivity contribution in [1.82, 2.24) is 10.6 Å². The van der Waals surface area contributed by atoms with Crippen LogP contribution in [0.2, 0.25) is 0 Å². The first-order chi connectivity index (χ1) is 13.8. The highest BCUT2D eigenvalue weighted by Crippen LogP contribution is 2.25. The Bertz CT molecular complexity index is 877. The van der Waals surface area contributed by atoms with Crippen LogP contribution in [0, 0.1) is 0 Å². The van der Waals surface area contributed by atoms with Crippen molar-refractivity contribution in [2.45, 2.75) is 38.4 Å². The predicted octanol–water partition coefficient (Wildman–Crippen LogP) is 5.23. The number of rotatable bonds is 7. The average molecular weight is 373 g/mol. The summed E-state index contributed by atoms with van der Waals surface area (Å²) in [6.07, 6.45) is 2.18. The lowest BCUT2D eigenvalue weighted by Crippen LogP contribution is -2.33. The van der Waals surface area contributed by atoms with Crippen LogP contribution in [0.25, 0.3) is 0 Å². The van der Waals surface area contributed by atoms with Gasteiger partial charge in [-0.05, 0) is 60.3 Å². The van der Waals surface area contributed by atoms with E-state index in [4.69, 9.17) is 4.74 Å². The molecule has 2 N–H and O–H groups in total. The Morgan fingerprint density at radius 2 is 1.71 bits per heavy atom. The van der Waals surface area contributed by atoms with Crippen molar-refractivity contribution in [3.8, 4) is 11.5 Å². The number of ether oxygens (including phenoxy) is 1. The van der Waals surface area contributed by atoms with Crippen molar-refractivity contribution >= 4 is 0 Å². The molecule has 1 fully saturated rings. The monoisotopic (exact) mass is 372 g/mol. The van der Waals surface area contributed by atoms with Crippen LogP contribution in [0.15, 0.2) is 78.9 Å². The molecule has 3 aromatic rings. The van der Waals surface area contributed by atoms with E-state index < -0.39 is 0 Å². The molecule has 0 bridgehead atoms. The highest BCUT2D eigenvalue weighted by Gasteiger charge is 2.27. The van der Waals surface area contributed by atoms with E-state index in [1.165, 1.54) is 16.7 Å². The van der Waals surface area contributed by atoms with Gasteiger partial charge in [-0.1, -0.05) is 61.5 Å². The van der Waals surface area contributed by atoms with Crippen LogP contribution in [0.3, 0.4) is 0 Å². The number of hydrogen-bond donors (Lipinski definition) is 2. The first-order valence-corrected chi connectivity index (χ1v) is 10.2. The number of hydrogen-bond acceptors (Lipinski definition) is 3. The summed E-state index contributed by atoms with van der Waals surface area (Å²) < 4.78 is 6.04. The number of nitrogens with one attached hydrogen (secondary N) is 2. The van der Waals surface area contributed by atoms with Gasteiger partial charge in [-0.25, -0.2) is 0 Å². The molecular weight excluding hydrogens is 344 g/mol. The molecule has 144 valence electrons. The lowest BCUT2D eigenvalue weighted by atomic mass is 10.0. The summed E-state index contributed by atoms with van der Waals surface area (Å²) in [6.45, 7) is 4.05. The molecule has 0 amide bonds. The number of aryl methyl sites for hydroxylation is 1. The Morgan fingerprint density at radius 3 is 2.50 bits per heavy atom. The third-order valence-electron chi connectivity index (χ3n) is 5.41. The first-order valence-electron chi connectivity index (χ1n) is 10.2. The standard InChI is InChI=1S/C25H28N2O/c1-2-19-11-13-22(14-12-19)28-23-10-6-7-20(17-23)18-27-24-15-16-26-25(24)21-8-4-3-5-9-21/h3-14,17,24-27H,2,15-16,18H2,1H3. The Hall–Kier alpha value is -2.62. The van der Waals surface area contributed by atoms with Crippen molar-refractivity contribution in [3.63, 3.8) is 0 Å². The van der Waals surface area contributed by atoms with Gasteiger partial charge in [0.15, 0.2) is 0 Å². The largest absolute Gasteiger partial charge is 0.457 e. The summed E-state index contributed by atoms with van der Waals surface area (Å²) in [5.41, 5.74) is 3.91. The molecule has 28 heavy (non-hydrogen) atoms. The summed E-state index contributed by atoms with van der Waals surface area (Å²) in [6, 6.07) is 28.2. The van der Waals surface area contributed by atoms with E-state index in [1.54, 1.807) is 0 Å².